The third-order valence-corrected chi connectivity index (χ3v) is 1.39. The van der Waals surface area contributed by atoms with E-state index in [1.54, 1.807) is 0 Å². The van der Waals surface area contributed by atoms with Crippen LogP contribution in [-0.2, 0) is 0 Å². The Morgan fingerprint density at radius 3 is 2.56 bits per heavy atom. The molecular weight excluding hydrogens is 108 g/mol. The first kappa shape index (κ1) is 8.48. The molecule has 0 unspecified atom stereocenters. The molecule has 0 aliphatic heterocycles. The molecule has 0 N–H and O–H groups in total. The van der Waals surface area contributed by atoms with E-state index < -0.39 is 0 Å². The van der Waals surface area contributed by atoms with Crippen LogP contribution in [0.3, 0.4) is 0 Å². The Hall–Kier alpha value is -0.520. The predicted octanol–water partition coefficient (Wildman–Crippen LogP) is 3.31. The molecule has 0 bridgehead atoms. The van der Waals surface area contributed by atoms with Crippen molar-refractivity contribution in [1.29, 1.82) is 0 Å². The molecule has 0 spiro atoms. The van der Waals surface area contributed by atoms with Crippen molar-refractivity contribution >= 4 is 0 Å². The summed E-state index contributed by atoms with van der Waals surface area (Å²) in [5.41, 5.74) is 1.51. The van der Waals surface area contributed by atoms with Crippen molar-refractivity contribution < 1.29 is 0 Å². The zero-order valence-corrected chi connectivity index (χ0v) is 6.48. The van der Waals surface area contributed by atoms with Crippen molar-refractivity contribution in [3.8, 4) is 0 Å². The molecule has 0 aliphatic rings. The lowest BCUT2D eigenvalue weighted by atomic mass is 10.1. The maximum atomic E-state index is 3.69. The normalized spacial score (nSPS) is 11.6. The van der Waals surface area contributed by atoms with E-state index >= 15 is 0 Å². The highest BCUT2D eigenvalue weighted by atomic mass is 13.9. The molecular formula is C9H16. The maximum absolute atomic E-state index is 3.69. The van der Waals surface area contributed by atoms with Gasteiger partial charge in [0.25, 0.3) is 0 Å². The van der Waals surface area contributed by atoms with Gasteiger partial charge in [0.05, 0.1) is 0 Å². The van der Waals surface area contributed by atoms with E-state index in [1.807, 2.05) is 6.08 Å². The molecule has 0 aromatic heterocycles. The second-order valence-corrected chi connectivity index (χ2v) is 2.19. The minimum absolute atomic E-state index is 1.06. The first-order valence-corrected chi connectivity index (χ1v) is 3.60. The summed E-state index contributed by atoms with van der Waals surface area (Å²) < 4.78 is 0. The standard InChI is InChI=1S/C9H16/c1-4-7-9(6-3)8-5-2/h4,6H,1,5,7-8H2,2-3H3. The van der Waals surface area contributed by atoms with Crippen LogP contribution < -0.4 is 0 Å². The van der Waals surface area contributed by atoms with Gasteiger partial charge in [-0.1, -0.05) is 31.1 Å². The molecule has 0 heteroatoms. The smallest absolute Gasteiger partial charge is 0.0142 e. The Balaban J connectivity index is 3.55. The minimum atomic E-state index is 1.06. The van der Waals surface area contributed by atoms with Crippen LogP contribution in [0, 0.1) is 0 Å². The lowest BCUT2D eigenvalue weighted by Gasteiger charge is -1.98. The van der Waals surface area contributed by atoms with Crippen LogP contribution in [0.4, 0.5) is 0 Å². The molecule has 52 valence electrons. The number of hydrogen-bond acceptors (Lipinski definition) is 0. The fraction of sp³-hybridized carbons (Fsp3) is 0.556. The van der Waals surface area contributed by atoms with Gasteiger partial charge in [0.2, 0.25) is 0 Å². The first-order valence-electron chi connectivity index (χ1n) is 3.60. The van der Waals surface area contributed by atoms with Gasteiger partial charge in [0.1, 0.15) is 0 Å². The molecule has 0 nitrogen and oxygen atoms in total. The van der Waals surface area contributed by atoms with Crippen molar-refractivity contribution in [3.63, 3.8) is 0 Å². The lowest BCUT2D eigenvalue weighted by molar-refractivity contribution is 0.877. The second-order valence-electron chi connectivity index (χ2n) is 2.19. The second kappa shape index (κ2) is 5.61. The lowest BCUT2D eigenvalue weighted by Crippen LogP contribution is -1.78. The SMILES string of the molecule is C=CCC(=CC)CCC. The van der Waals surface area contributed by atoms with Crippen LogP contribution in [0.15, 0.2) is 24.3 Å². The van der Waals surface area contributed by atoms with Crippen LogP contribution in [0.1, 0.15) is 33.1 Å². The molecule has 0 fully saturated rings. The van der Waals surface area contributed by atoms with Crippen LogP contribution in [-0.4, -0.2) is 0 Å². The average Bonchev–Trinajstić information content (AvgIpc) is 1.88. The fourth-order valence-electron chi connectivity index (χ4n) is 0.871. The average molecular weight is 124 g/mol. The monoisotopic (exact) mass is 124 g/mol. The van der Waals surface area contributed by atoms with Crippen LogP contribution >= 0.6 is 0 Å². The highest BCUT2D eigenvalue weighted by molar-refractivity contribution is 5.04. The summed E-state index contributed by atoms with van der Waals surface area (Å²) >= 11 is 0. The zero-order valence-electron chi connectivity index (χ0n) is 6.48. The van der Waals surface area contributed by atoms with E-state index in [2.05, 4.69) is 26.5 Å². The summed E-state index contributed by atoms with van der Waals surface area (Å²) in [6, 6.07) is 0. The fourth-order valence-corrected chi connectivity index (χ4v) is 0.871. The van der Waals surface area contributed by atoms with Gasteiger partial charge in [0.15, 0.2) is 0 Å². The van der Waals surface area contributed by atoms with E-state index in [0.717, 1.165) is 6.42 Å². The van der Waals surface area contributed by atoms with Crippen LogP contribution in [0.2, 0.25) is 0 Å². The minimum Gasteiger partial charge on any atom is -0.103 e. The van der Waals surface area contributed by atoms with Crippen LogP contribution in [0.25, 0.3) is 0 Å². The maximum Gasteiger partial charge on any atom is -0.0142 e. The first-order chi connectivity index (χ1) is 4.35. The number of allylic oxidation sites excluding steroid dienone is 3. The van der Waals surface area contributed by atoms with Gasteiger partial charge in [-0.2, -0.15) is 0 Å². The van der Waals surface area contributed by atoms with Crippen molar-refractivity contribution in [2.75, 3.05) is 0 Å². The Morgan fingerprint density at radius 1 is 1.56 bits per heavy atom. The molecule has 0 rings (SSSR count). The summed E-state index contributed by atoms with van der Waals surface area (Å²) in [7, 11) is 0. The molecule has 0 saturated heterocycles. The van der Waals surface area contributed by atoms with Gasteiger partial charge in [-0.3, -0.25) is 0 Å². The van der Waals surface area contributed by atoms with Gasteiger partial charge in [0, 0.05) is 0 Å². The van der Waals surface area contributed by atoms with Crippen molar-refractivity contribution in [1.82, 2.24) is 0 Å². The number of rotatable bonds is 4. The molecule has 0 aliphatic carbocycles. The molecule has 0 aromatic carbocycles. The van der Waals surface area contributed by atoms with E-state index in [0.29, 0.717) is 0 Å². The van der Waals surface area contributed by atoms with Crippen molar-refractivity contribution in [2.45, 2.75) is 33.1 Å². The quantitative estimate of drug-likeness (QED) is 0.504. The summed E-state index contributed by atoms with van der Waals surface area (Å²) in [6.07, 6.45) is 7.68. The summed E-state index contributed by atoms with van der Waals surface area (Å²) in [6.45, 7) is 7.98. The molecule has 9 heavy (non-hydrogen) atoms. The highest BCUT2D eigenvalue weighted by Gasteiger charge is 1.88. The molecule has 0 atom stereocenters. The topological polar surface area (TPSA) is 0 Å². The van der Waals surface area contributed by atoms with Crippen molar-refractivity contribution in [3.05, 3.63) is 24.3 Å². The van der Waals surface area contributed by atoms with Gasteiger partial charge in [-0.15, -0.1) is 6.58 Å². The summed E-state index contributed by atoms with van der Waals surface area (Å²) in [5, 5.41) is 0. The Morgan fingerprint density at radius 2 is 2.22 bits per heavy atom. The van der Waals surface area contributed by atoms with Gasteiger partial charge >= 0.3 is 0 Å². The zero-order chi connectivity index (χ0) is 7.11. The highest BCUT2D eigenvalue weighted by Crippen LogP contribution is 2.08. The van der Waals surface area contributed by atoms with E-state index in [4.69, 9.17) is 0 Å². The largest absolute Gasteiger partial charge is 0.103 e. The molecule has 0 aromatic rings. The summed E-state index contributed by atoms with van der Waals surface area (Å²) in [5.74, 6) is 0. The Kier molecular flexibility index (Phi) is 5.29. The summed E-state index contributed by atoms with van der Waals surface area (Å²) in [4.78, 5) is 0. The van der Waals surface area contributed by atoms with E-state index in [-0.39, 0.29) is 0 Å². The molecule has 0 saturated carbocycles. The van der Waals surface area contributed by atoms with E-state index in [1.165, 1.54) is 18.4 Å². The molecule has 0 amide bonds. The predicted molar refractivity (Wildman–Crippen MR) is 43.5 cm³/mol. The Labute approximate surface area is 58.3 Å². The third-order valence-electron chi connectivity index (χ3n) is 1.39. The Bertz CT molecular complexity index is 98.6. The van der Waals surface area contributed by atoms with Gasteiger partial charge < -0.3 is 0 Å². The number of hydrogen-bond donors (Lipinski definition) is 0. The molecule has 0 heterocycles. The molecule has 0 radical (unpaired) electrons. The van der Waals surface area contributed by atoms with Crippen molar-refractivity contribution in [2.24, 2.45) is 0 Å². The van der Waals surface area contributed by atoms with Gasteiger partial charge in [-0.05, 0) is 19.8 Å². The van der Waals surface area contributed by atoms with Gasteiger partial charge in [-0.25, -0.2) is 0 Å². The third kappa shape index (κ3) is 4.01. The van der Waals surface area contributed by atoms with Crippen LogP contribution in [0.5, 0.6) is 0 Å². The van der Waals surface area contributed by atoms with E-state index in [9.17, 15) is 0 Å².